The second-order valence-electron chi connectivity index (χ2n) is 7.94. The monoisotopic (exact) mass is 456 g/mol. The second kappa shape index (κ2) is 8.74. The van der Waals surface area contributed by atoms with Gasteiger partial charge in [-0.2, -0.15) is 4.98 Å². The van der Waals surface area contributed by atoms with Crippen LogP contribution in [0.1, 0.15) is 18.9 Å². The number of fused-ring (bicyclic) bond motifs is 1. The first-order valence-corrected chi connectivity index (χ1v) is 10.3. The Balaban J connectivity index is 1.52. The van der Waals surface area contributed by atoms with Gasteiger partial charge in [0.15, 0.2) is 22.9 Å². The van der Waals surface area contributed by atoms with Gasteiger partial charge in [0, 0.05) is 18.2 Å². The van der Waals surface area contributed by atoms with E-state index in [4.69, 9.17) is 10.5 Å². The highest BCUT2D eigenvalue weighted by Gasteiger charge is 2.49. The van der Waals surface area contributed by atoms with E-state index < -0.39 is 30.2 Å². The zero-order valence-corrected chi connectivity index (χ0v) is 17.9. The molecule has 2 aromatic carbocycles. The second-order valence-corrected chi connectivity index (χ2v) is 7.94. The fourth-order valence-electron chi connectivity index (χ4n) is 3.70. The number of aromatic nitrogens is 3. The lowest BCUT2D eigenvalue weighted by atomic mass is 9.79. The average Bonchev–Trinajstić information content (AvgIpc) is 3.19. The Morgan fingerprint density at radius 2 is 1.88 bits per heavy atom. The summed E-state index contributed by atoms with van der Waals surface area (Å²) in [5.74, 6) is -0.679. The van der Waals surface area contributed by atoms with Crippen LogP contribution in [0.2, 0.25) is 0 Å². The average molecular weight is 456 g/mol. The number of benzene rings is 2. The zero-order valence-electron chi connectivity index (χ0n) is 17.9. The number of halogens is 3. The summed E-state index contributed by atoms with van der Waals surface area (Å²) in [5.41, 5.74) is 2.32. The molecule has 6 nitrogen and oxygen atoms in total. The minimum Gasteiger partial charge on any atom is -0.490 e. The molecule has 0 aliphatic rings. The fraction of sp³-hybridized carbons (Fsp3) is 0.250. The van der Waals surface area contributed by atoms with E-state index in [1.165, 1.54) is 29.6 Å². The Labute approximate surface area is 188 Å². The first kappa shape index (κ1) is 22.6. The number of nitrogens with two attached hydrogens (primary N) is 1. The van der Waals surface area contributed by atoms with Crippen molar-refractivity contribution in [3.05, 3.63) is 78.2 Å². The molecule has 2 aromatic heterocycles. The van der Waals surface area contributed by atoms with Crippen molar-refractivity contribution >= 4 is 11.6 Å². The number of nitrogens with zero attached hydrogens (tertiary/aromatic N) is 3. The molecule has 0 aliphatic carbocycles. The summed E-state index contributed by atoms with van der Waals surface area (Å²) in [6.07, 6.45) is 1.12. The van der Waals surface area contributed by atoms with E-state index in [0.717, 1.165) is 0 Å². The van der Waals surface area contributed by atoms with Crippen LogP contribution in [0.5, 0.6) is 5.75 Å². The topological polar surface area (TPSA) is 85.7 Å². The van der Waals surface area contributed by atoms with E-state index >= 15 is 8.78 Å². The SMILES string of the molecule is CC(O)(c1ccccc1)C(F)(CF)CCOc1cccc(-c2ccn3nc(N)nc3c2)c1F. The van der Waals surface area contributed by atoms with E-state index in [2.05, 4.69) is 10.1 Å². The van der Waals surface area contributed by atoms with Crippen LogP contribution in [0, 0.1) is 5.82 Å². The Kier molecular flexibility index (Phi) is 5.99. The van der Waals surface area contributed by atoms with Gasteiger partial charge in [-0.3, -0.25) is 0 Å². The Morgan fingerprint density at radius 1 is 1.12 bits per heavy atom. The van der Waals surface area contributed by atoms with Crippen molar-refractivity contribution in [2.45, 2.75) is 24.6 Å². The van der Waals surface area contributed by atoms with Gasteiger partial charge < -0.3 is 15.6 Å². The smallest absolute Gasteiger partial charge is 0.240 e. The van der Waals surface area contributed by atoms with Gasteiger partial charge in [0.1, 0.15) is 12.3 Å². The van der Waals surface area contributed by atoms with Gasteiger partial charge in [-0.1, -0.05) is 42.5 Å². The van der Waals surface area contributed by atoms with Gasteiger partial charge in [-0.25, -0.2) is 17.7 Å². The normalized spacial score (nSPS) is 15.2. The molecule has 172 valence electrons. The van der Waals surface area contributed by atoms with E-state index in [0.29, 0.717) is 11.2 Å². The maximum Gasteiger partial charge on any atom is 0.240 e. The third-order valence-corrected chi connectivity index (χ3v) is 5.80. The predicted molar refractivity (Wildman–Crippen MR) is 119 cm³/mol. The summed E-state index contributed by atoms with van der Waals surface area (Å²) in [6, 6.07) is 15.8. The summed E-state index contributed by atoms with van der Waals surface area (Å²) in [7, 11) is 0. The van der Waals surface area contributed by atoms with Crippen LogP contribution < -0.4 is 10.5 Å². The number of ether oxygens (including phenoxy) is 1. The summed E-state index contributed by atoms with van der Waals surface area (Å²) >= 11 is 0. The standard InChI is InChI=1S/C24H23F3N4O2/c1-23(32,17-6-3-2-4-7-17)24(27,15-25)11-13-33-19-9-5-8-18(21(19)26)16-10-12-31-20(14-16)29-22(28)30-31/h2-10,12,14,32H,11,13,15H2,1H3,(H2,28,30). The van der Waals surface area contributed by atoms with Crippen molar-refractivity contribution in [2.75, 3.05) is 19.0 Å². The predicted octanol–water partition coefficient (Wildman–Crippen LogP) is 4.47. The van der Waals surface area contributed by atoms with Gasteiger partial charge >= 0.3 is 0 Å². The lowest BCUT2D eigenvalue weighted by Crippen LogP contribution is -2.49. The van der Waals surface area contributed by atoms with Gasteiger partial charge in [0.2, 0.25) is 5.95 Å². The molecule has 9 heteroatoms. The molecule has 2 heterocycles. The summed E-state index contributed by atoms with van der Waals surface area (Å²) < 4.78 is 51.3. The highest BCUT2D eigenvalue weighted by atomic mass is 19.2. The van der Waals surface area contributed by atoms with E-state index in [1.54, 1.807) is 48.7 Å². The third-order valence-electron chi connectivity index (χ3n) is 5.80. The molecule has 0 saturated heterocycles. The molecule has 3 N–H and O–H groups in total. The molecule has 33 heavy (non-hydrogen) atoms. The summed E-state index contributed by atoms with van der Waals surface area (Å²) in [6.45, 7) is -0.553. The third kappa shape index (κ3) is 4.23. The van der Waals surface area contributed by atoms with E-state index in [9.17, 15) is 9.50 Å². The molecule has 4 rings (SSSR count). The van der Waals surface area contributed by atoms with Crippen LogP contribution in [0.3, 0.4) is 0 Å². The molecule has 0 spiro atoms. The highest BCUT2D eigenvalue weighted by Crippen LogP contribution is 2.39. The molecule has 0 bridgehead atoms. The maximum atomic E-state index is 15.5. The Morgan fingerprint density at radius 3 is 2.61 bits per heavy atom. The molecular weight excluding hydrogens is 433 g/mol. The number of rotatable bonds is 8. The number of hydrogen-bond acceptors (Lipinski definition) is 5. The molecular formula is C24H23F3N4O2. The molecule has 2 unspecified atom stereocenters. The molecule has 0 fully saturated rings. The van der Waals surface area contributed by atoms with Crippen molar-refractivity contribution in [1.29, 1.82) is 0 Å². The Bertz CT molecular complexity index is 1260. The number of anilines is 1. The van der Waals surface area contributed by atoms with Crippen LogP contribution in [-0.4, -0.2) is 38.7 Å². The van der Waals surface area contributed by atoms with Gasteiger partial charge in [0.25, 0.3) is 0 Å². The number of aliphatic hydroxyl groups is 1. The summed E-state index contributed by atoms with van der Waals surface area (Å²) in [5, 5.41) is 14.8. The minimum atomic E-state index is -2.62. The van der Waals surface area contributed by atoms with Crippen molar-refractivity contribution in [3.63, 3.8) is 0 Å². The number of hydrogen-bond donors (Lipinski definition) is 2. The molecule has 0 radical (unpaired) electrons. The van der Waals surface area contributed by atoms with Crippen molar-refractivity contribution < 1.29 is 23.0 Å². The van der Waals surface area contributed by atoms with E-state index in [-0.39, 0.29) is 29.4 Å². The summed E-state index contributed by atoms with van der Waals surface area (Å²) in [4.78, 5) is 4.06. The van der Waals surface area contributed by atoms with E-state index in [1.807, 2.05) is 0 Å². The lowest BCUT2D eigenvalue weighted by Gasteiger charge is -2.37. The minimum absolute atomic E-state index is 0.0960. The quantitative estimate of drug-likeness (QED) is 0.409. The van der Waals surface area contributed by atoms with Crippen molar-refractivity contribution in [3.8, 4) is 16.9 Å². The van der Waals surface area contributed by atoms with Gasteiger partial charge in [0.05, 0.1) is 6.61 Å². The van der Waals surface area contributed by atoms with Crippen LogP contribution in [0.4, 0.5) is 19.1 Å². The van der Waals surface area contributed by atoms with Crippen LogP contribution in [0.15, 0.2) is 66.9 Å². The highest BCUT2D eigenvalue weighted by molar-refractivity contribution is 5.69. The van der Waals surface area contributed by atoms with Crippen molar-refractivity contribution in [1.82, 2.24) is 14.6 Å². The molecule has 0 aliphatic heterocycles. The van der Waals surface area contributed by atoms with Crippen LogP contribution >= 0.6 is 0 Å². The first-order valence-electron chi connectivity index (χ1n) is 10.3. The lowest BCUT2D eigenvalue weighted by molar-refractivity contribution is -0.116. The number of alkyl halides is 2. The van der Waals surface area contributed by atoms with Gasteiger partial charge in [-0.05, 0) is 36.2 Å². The van der Waals surface area contributed by atoms with Crippen LogP contribution in [0.25, 0.3) is 16.8 Å². The van der Waals surface area contributed by atoms with Crippen LogP contribution in [-0.2, 0) is 5.60 Å². The molecule has 2 atom stereocenters. The van der Waals surface area contributed by atoms with Gasteiger partial charge in [-0.15, -0.1) is 5.10 Å². The molecule has 4 aromatic rings. The number of pyridine rings is 1. The first-order chi connectivity index (χ1) is 15.7. The fourth-order valence-corrected chi connectivity index (χ4v) is 3.70. The molecule has 0 amide bonds. The Hall–Kier alpha value is -3.59. The largest absolute Gasteiger partial charge is 0.490 e. The maximum absolute atomic E-state index is 15.5. The zero-order chi connectivity index (χ0) is 23.6. The van der Waals surface area contributed by atoms with Crippen molar-refractivity contribution in [2.24, 2.45) is 0 Å². The number of nitrogen functional groups attached to an aromatic ring is 1. The molecule has 0 saturated carbocycles.